The van der Waals surface area contributed by atoms with E-state index in [2.05, 4.69) is 4.18 Å². The van der Waals surface area contributed by atoms with E-state index in [9.17, 15) is 18.5 Å². The molecule has 0 rings (SSSR count). The van der Waals surface area contributed by atoms with Crippen molar-refractivity contribution in [2.24, 2.45) is 0 Å². The van der Waals surface area contributed by atoms with Crippen LogP contribution in [0.1, 0.15) is 0 Å². The summed E-state index contributed by atoms with van der Waals surface area (Å²) in [4.78, 5) is 8.78. The molecule has 0 saturated carbocycles. The number of hydrogen-bond donors (Lipinski definition) is 1. The first-order valence-corrected chi connectivity index (χ1v) is 3.52. The van der Waals surface area contributed by atoms with Crippen LogP contribution < -0.4 is 0 Å². The first-order chi connectivity index (χ1) is 4.42. The van der Waals surface area contributed by atoms with Crippen molar-refractivity contribution >= 4 is 10.4 Å². The lowest BCUT2D eigenvalue weighted by Gasteiger charge is -1.92. The van der Waals surface area contributed by atoms with Crippen LogP contribution in [0.4, 0.5) is 0 Å². The lowest BCUT2D eigenvalue weighted by Crippen LogP contribution is -2.12. The van der Waals surface area contributed by atoms with Crippen molar-refractivity contribution in [3.63, 3.8) is 0 Å². The fourth-order valence-electron chi connectivity index (χ4n) is 0.217. The predicted molar refractivity (Wildman–Crippen MR) is 29.4 cm³/mol. The number of hydrogen-bond acceptors (Lipinski definition) is 5. The zero-order chi connectivity index (χ0) is 8.20. The summed E-state index contributed by atoms with van der Waals surface area (Å²) in [5, 5.41) is 9.53. The van der Waals surface area contributed by atoms with Gasteiger partial charge in [0, 0.05) is 4.92 Å². The van der Waals surface area contributed by atoms with Crippen LogP contribution in [0.15, 0.2) is 0 Å². The second-order valence-corrected chi connectivity index (χ2v) is 2.40. The normalized spacial score (nSPS) is 11.3. The highest BCUT2D eigenvalue weighted by Gasteiger charge is 2.06. The molecule has 7 nitrogen and oxygen atoms in total. The van der Waals surface area contributed by atoms with E-state index >= 15 is 0 Å². The van der Waals surface area contributed by atoms with Crippen molar-refractivity contribution in [1.82, 2.24) is 0 Å². The molecule has 0 aromatic carbocycles. The summed E-state index contributed by atoms with van der Waals surface area (Å²) in [6.45, 7) is -1.30. The van der Waals surface area contributed by atoms with Crippen molar-refractivity contribution in [3.05, 3.63) is 10.1 Å². The van der Waals surface area contributed by atoms with Crippen LogP contribution >= 0.6 is 0 Å². The minimum absolute atomic E-state index is 0.647. The molecule has 0 bridgehead atoms. The monoisotopic (exact) mass is 171 g/mol. The molecule has 0 fully saturated rings. The van der Waals surface area contributed by atoms with Crippen LogP contribution in [0.2, 0.25) is 0 Å². The van der Waals surface area contributed by atoms with Crippen LogP contribution in [0.25, 0.3) is 0 Å². The zero-order valence-electron chi connectivity index (χ0n) is 4.76. The van der Waals surface area contributed by atoms with E-state index in [4.69, 9.17) is 4.55 Å². The van der Waals surface area contributed by atoms with E-state index in [0.717, 1.165) is 0 Å². The third-order valence-corrected chi connectivity index (χ3v) is 0.971. The molecule has 0 spiro atoms. The molecule has 0 aromatic rings. The highest BCUT2D eigenvalue weighted by Crippen LogP contribution is 1.84. The first kappa shape index (κ1) is 9.27. The second kappa shape index (κ2) is 3.44. The van der Waals surface area contributed by atoms with Gasteiger partial charge in [-0.25, -0.2) is 4.18 Å². The Balaban J connectivity index is 3.49. The topological polar surface area (TPSA) is 107 Å². The van der Waals surface area contributed by atoms with E-state index in [1.807, 2.05) is 0 Å². The maximum absolute atomic E-state index is 9.72. The Hall–Kier alpha value is -0.730. The molecule has 60 valence electrons. The average Bonchev–Trinajstić information content (AvgIpc) is 1.59. The standard InChI is InChI=1S/C2H5NO6S/c4-3(5)1-2-9-10(6,7)8/h1-2H2,(H,6,7,8). The van der Waals surface area contributed by atoms with Gasteiger partial charge in [-0.3, -0.25) is 14.7 Å². The molecule has 0 atom stereocenters. The van der Waals surface area contributed by atoms with Gasteiger partial charge in [0.05, 0.1) is 0 Å². The van der Waals surface area contributed by atoms with Crippen LogP contribution in [0, 0.1) is 10.1 Å². The maximum Gasteiger partial charge on any atom is 0.397 e. The fraction of sp³-hybridized carbons (Fsp3) is 1.00. The molecule has 0 aliphatic heterocycles. The largest absolute Gasteiger partial charge is 0.397 e. The quantitative estimate of drug-likeness (QED) is 0.333. The molecule has 0 heterocycles. The third-order valence-electron chi connectivity index (χ3n) is 0.506. The van der Waals surface area contributed by atoms with Gasteiger partial charge in [0.25, 0.3) is 0 Å². The Kier molecular flexibility index (Phi) is 3.19. The first-order valence-electron chi connectivity index (χ1n) is 2.15. The molecule has 1 N–H and O–H groups in total. The van der Waals surface area contributed by atoms with Gasteiger partial charge in [0.2, 0.25) is 6.54 Å². The molecular weight excluding hydrogens is 166 g/mol. The molecule has 0 aliphatic rings. The van der Waals surface area contributed by atoms with Crippen molar-refractivity contribution in [3.8, 4) is 0 Å². The molecule has 0 amide bonds. The molecule has 0 radical (unpaired) electrons. The lowest BCUT2D eigenvalue weighted by atomic mass is 10.7. The smallest absolute Gasteiger partial charge is 0.264 e. The summed E-state index contributed by atoms with van der Waals surface area (Å²) >= 11 is 0. The van der Waals surface area contributed by atoms with Crippen LogP contribution in [0.3, 0.4) is 0 Å². The summed E-state index contributed by atoms with van der Waals surface area (Å²) in [6.07, 6.45) is 0. The summed E-state index contributed by atoms with van der Waals surface area (Å²) in [7, 11) is -4.52. The van der Waals surface area contributed by atoms with Gasteiger partial charge in [0.15, 0.2) is 0 Å². The van der Waals surface area contributed by atoms with E-state index in [1.165, 1.54) is 0 Å². The average molecular weight is 171 g/mol. The van der Waals surface area contributed by atoms with Crippen LogP contribution in [-0.2, 0) is 14.6 Å². The highest BCUT2D eigenvalue weighted by molar-refractivity contribution is 7.80. The zero-order valence-corrected chi connectivity index (χ0v) is 5.57. The molecule has 8 heteroatoms. The molecule has 0 saturated heterocycles. The maximum atomic E-state index is 9.72. The van der Waals surface area contributed by atoms with Crippen LogP contribution in [0.5, 0.6) is 0 Å². The summed E-state index contributed by atoms with van der Waals surface area (Å²) in [5.41, 5.74) is 0. The van der Waals surface area contributed by atoms with Crippen molar-refractivity contribution in [2.75, 3.05) is 13.2 Å². The van der Waals surface area contributed by atoms with E-state index < -0.39 is 28.5 Å². The Morgan fingerprint density at radius 1 is 1.60 bits per heavy atom. The summed E-state index contributed by atoms with van der Waals surface area (Å²) in [5.74, 6) is 0. The predicted octanol–water partition coefficient (Wildman–Crippen LogP) is -0.917. The molecule has 0 aromatic heterocycles. The number of rotatable bonds is 4. The molecule has 0 unspecified atom stereocenters. The molecule has 10 heavy (non-hydrogen) atoms. The minimum Gasteiger partial charge on any atom is -0.264 e. The van der Waals surface area contributed by atoms with E-state index in [1.54, 1.807) is 0 Å². The number of nitro groups is 1. The van der Waals surface area contributed by atoms with Crippen LogP contribution in [-0.4, -0.2) is 31.0 Å². The van der Waals surface area contributed by atoms with Gasteiger partial charge in [-0.05, 0) is 0 Å². The van der Waals surface area contributed by atoms with Gasteiger partial charge in [0.1, 0.15) is 6.61 Å². The van der Waals surface area contributed by atoms with Crippen molar-refractivity contribution < 1.29 is 22.1 Å². The Morgan fingerprint density at radius 3 is 2.40 bits per heavy atom. The third kappa shape index (κ3) is 7.27. The van der Waals surface area contributed by atoms with Gasteiger partial charge in [-0.15, -0.1) is 0 Å². The Morgan fingerprint density at radius 2 is 2.10 bits per heavy atom. The van der Waals surface area contributed by atoms with Gasteiger partial charge in [-0.1, -0.05) is 0 Å². The van der Waals surface area contributed by atoms with Crippen molar-refractivity contribution in [1.29, 1.82) is 0 Å². The van der Waals surface area contributed by atoms with Crippen molar-refractivity contribution in [2.45, 2.75) is 0 Å². The lowest BCUT2D eigenvalue weighted by molar-refractivity contribution is -0.481. The molecular formula is C2H5NO6S. The highest BCUT2D eigenvalue weighted by atomic mass is 32.3. The minimum atomic E-state index is -4.52. The van der Waals surface area contributed by atoms with E-state index in [0.29, 0.717) is 0 Å². The molecule has 0 aliphatic carbocycles. The van der Waals surface area contributed by atoms with Gasteiger partial charge < -0.3 is 0 Å². The van der Waals surface area contributed by atoms with E-state index in [-0.39, 0.29) is 0 Å². The second-order valence-electron chi connectivity index (χ2n) is 1.31. The Labute approximate surface area is 56.7 Å². The summed E-state index contributed by atoms with van der Waals surface area (Å²) in [6, 6.07) is 0. The number of nitrogens with zero attached hydrogens (tertiary/aromatic N) is 1. The SMILES string of the molecule is O=[N+]([O-])CCOS(=O)(=O)O. The van der Waals surface area contributed by atoms with Gasteiger partial charge >= 0.3 is 10.4 Å². The fourth-order valence-corrected chi connectivity index (χ4v) is 0.502. The Bertz CT molecular complexity index is 206. The summed E-state index contributed by atoms with van der Waals surface area (Å²) < 4.78 is 30.9. The van der Waals surface area contributed by atoms with Gasteiger partial charge in [-0.2, -0.15) is 8.42 Å².